The van der Waals surface area contributed by atoms with E-state index in [9.17, 15) is 0 Å². The lowest BCUT2D eigenvalue weighted by atomic mass is 10.1. The third-order valence-corrected chi connectivity index (χ3v) is 2.52. The van der Waals surface area contributed by atoms with Crippen LogP contribution in [0.2, 0.25) is 0 Å². The summed E-state index contributed by atoms with van der Waals surface area (Å²) in [6.45, 7) is 2.69. The second-order valence-electron chi connectivity index (χ2n) is 3.74. The lowest BCUT2D eigenvalue weighted by Crippen LogP contribution is -2.11. The van der Waals surface area contributed by atoms with E-state index in [2.05, 4.69) is 22.4 Å². The van der Waals surface area contributed by atoms with Gasteiger partial charge in [-0.05, 0) is 23.3 Å². The van der Waals surface area contributed by atoms with Crippen molar-refractivity contribution in [2.24, 2.45) is 0 Å². The Bertz CT molecular complexity index is 345. The lowest BCUT2D eigenvalue weighted by molar-refractivity contribution is 0.213. The molecule has 5 nitrogen and oxygen atoms in total. The number of nitrogens with zero attached hydrogens (tertiary/aromatic N) is 4. The minimum Gasteiger partial charge on any atom is -0.491 e. The number of allylic oxidation sites excluding steroid dienone is 1. The van der Waals surface area contributed by atoms with Crippen LogP contribution >= 0.6 is 0 Å². The first kappa shape index (κ1) is 10.1. The standard InChI is InChI=1S/C10H16N4O/c1-2-3-4-5-6-9-7-15-8-10-11-12-13-14(9)10/h7H,2-6,8H2,1H3. The molecule has 0 unspecified atom stereocenters. The Morgan fingerprint density at radius 1 is 1.40 bits per heavy atom. The van der Waals surface area contributed by atoms with Crippen LogP contribution in [0.4, 0.5) is 0 Å². The smallest absolute Gasteiger partial charge is 0.193 e. The molecule has 1 aliphatic rings. The zero-order valence-electron chi connectivity index (χ0n) is 9.02. The van der Waals surface area contributed by atoms with E-state index in [1.807, 2.05) is 0 Å². The van der Waals surface area contributed by atoms with Crippen LogP contribution in [0, 0.1) is 0 Å². The van der Waals surface area contributed by atoms with Crippen LogP contribution in [-0.2, 0) is 11.3 Å². The minimum atomic E-state index is 0.478. The Hall–Kier alpha value is -1.39. The van der Waals surface area contributed by atoms with Crippen molar-refractivity contribution in [1.82, 2.24) is 20.2 Å². The van der Waals surface area contributed by atoms with Gasteiger partial charge in [-0.25, -0.2) is 0 Å². The zero-order valence-corrected chi connectivity index (χ0v) is 9.02. The van der Waals surface area contributed by atoms with E-state index in [0.29, 0.717) is 6.61 Å². The van der Waals surface area contributed by atoms with Crippen LogP contribution in [0.1, 0.15) is 44.9 Å². The highest BCUT2D eigenvalue weighted by Crippen LogP contribution is 2.19. The van der Waals surface area contributed by atoms with Crippen LogP contribution in [0.3, 0.4) is 0 Å². The second kappa shape index (κ2) is 4.91. The predicted molar refractivity (Wildman–Crippen MR) is 55.6 cm³/mol. The molecule has 0 saturated carbocycles. The fourth-order valence-electron chi connectivity index (χ4n) is 1.68. The van der Waals surface area contributed by atoms with Gasteiger partial charge in [0, 0.05) is 0 Å². The maximum atomic E-state index is 5.30. The maximum Gasteiger partial charge on any atom is 0.193 e. The number of ether oxygens (including phenoxy) is 1. The number of unbranched alkanes of at least 4 members (excludes halogenated alkanes) is 3. The molecule has 0 atom stereocenters. The van der Waals surface area contributed by atoms with Gasteiger partial charge in [-0.3, -0.25) is 0 Å². The molecule has 1 aliphatic heterocycles. The normalized spacial score (nSPS) is 14.3. The Balaban J connectivity index is 1.90. The first-order valence-corrected chi connectivity index (χ1v) is 5.50. The molecular formula is C10H16N4O. The van der Waals surface area contributed by atoms with E-state index in [1.54, 1.807) is 10.9 Å². The average Bonchev–Trinajstić information content (AvgIpc) is 2.73. The Kier molecular flexibility index (Phi) is 3.32. The monoisotopic (exact) mass is 208 g/mol. The molecule has 5 heteroatoms. The summed E-state index contributed by atoms with van der Waals surface area (Å²) in [5.41, 5.74) is 1.07. The van der Waals surface area contributed by atoms with Crippen molar-refractivity contribution >= 4 is 5.70 Å². The molecule has 1 aromatic rings. The molecule has 0 radical (unpaired) electrons. The van der Waals surface area contributed by atoms with E-state index >= 15 is 0 Å². The van der Waals surface area contributed by atoms with Crippen molar-refractivity contribution in [3.63, 3.8) is 0 Å². The number of fused-ring (bicyclic) bond motifs is 1. The summed E-state index contributed by atoms with van der Waals surface area (Å²) in [6.07, 6.45) is 7.73. The van der Waals surface area contributed by atoms with E-state index in [-0.39, 0.29) is 0 Å². The van der Waals surface area contributed by atoms with E-state index in [4.69, 9.17) is 4.74 Å². The molecule has 0 amide bonds. The molecule has 82 valence electrons. The fourth-order valence-corrected chi connectivity index (χ4v) is 1.68. The average molecular weight is 208 g/mol. The van der Waals surface area contributed by atoms with E-state index < -0.39 is 0 Å². The van der Waals surface area contributed by atoms with Crippen LogP contribution in [0.15, 0.2) is 6.26 Å². The third kappa shape index (κ3) is 2.34. The van der Waals surface area contributed by atoms with Gasteiger partial charge in [-0.2, -0.15) is 4.68 Å². The minimum absolute atomic E-state index is 0.478. The van der Waals surface area contributed by atoms with Gasteiger partial charge in [-0.15, -0.1) is 5.10 Å². The van der Waals surface area contributed by atoms with Gasteiger partial charge < -0.3 is 4.74 Å². The van der Waals surface area contributed by atoms with Crippen molar-refractivity contribution in [2.45, 2.75) is 45.6 Å². The van der Waals surface area contributed by atoms with Crippen molar-refractivity contribution in [3.8, 4) is 0 Å². The summed E-state index contributed by atoms with van der Waals surface area (Å²) in [7, 11) is 0. The zero-order chi connectivity index (χ0) is 10.5. The molecular weight excluding hydrogens is 192 g/mol. The molecule has 0 N–H and O–H groups in total. The lowest BCUT2D eigenvalue weighted by Gasteiger charge is -2.13. The second-order valence-corrected chi connectivity index (χ2v) is 3.74. The molecule has 0 fully saturated rings. The Labute approximate surface area is 89.1 Å². The van der Waals surface area contributed by atoms with Crippen LogP contribution in [0.25, 0.3) is 5.70 Å². The Morgan fingerprint density at radius 3 is 3.20 bits per heavy atom. The summed E-state index contributed by atoms with van der Waals surface area (Å²) >= 11 is 0. The summed E-state index contributed by atoms with van der Waals surface area (Å²) < 4.78 is 7.09. The van der Waals surface area contributed by atoms with Crippen molar-refractivity contribution in [3.05, 3.63) is 12.1 Å². The number of aromatic nitrogens is 4. The first-order valence-electron chi connectivity index (χ1n) is 5.50. The molecule has 0 aliphatic carbocycles. The third-order valence-electron chi connectivity index (χ3n) is 2.52. The highest BCUT2D eigenvalue weighted by molar-refractivity contribution is 5.43. The van der Waals surface area contributed by atoms with E-state index in [0.717, 1.165) is 17.9 Å². The highest BCUT2D eigenvalue weighted by Gasteiger charge is 2.15. The molecule has 0 bridgehead atoms. The molecule has 15 heavy (non-hydrogen) atoms. The highest BCUT2D eigenvalue weighted by atomic mass is 16.5. The molecule has 2 heterocycles. The van der Waals surface area contributed by atoms with Gasteiger partial charge in [0.2, 0.25) is 0 Å². The SMILES string of the molecule is CCCCCCC1=COCc2nnnn21. The number of hydrogen-bond donors (Lipinski definition) is 0. The number of tetrazole rings is 1. The van der Waals surface area contributed by atoms with Gasteiger partial charge in [0.1, 0.15) is 12.9 Å². The van der Waals surface area contributed by atoms with Crippen LogP contribution in [-0.4, -0.2) is 20.2 Å². The van der Waals surface area contributed by atoms with Crippen molar-refractivity contribution < 1.29 is 4.74 Å². The molecule has 1 aromatic heterocycles. The van der Waals surface area contributed by atoms with Gasteiger partial charge in [0.15, 0.2) is 5.82 Å². The first-order chi connectivity index (χ1) is 7.42. The largest absolute Gasteiger partial charge is 0.491 e. The molecule has 2 rings (SSSR count). The topological polar surface area (TPSA) is 52.8 Å². The number of hydrogen-bond acceptors (Lipinski definition) is 4. The maximum absolute atomic E-state index is 5.30. The predicted octanol–water partition coefficient (Wildman–Crippen LogP) is 1.97. The molecule has 0 saturated heterocycles. The van der Waals surface area contributed by atoms with Crippen molar-refractivity contribution in [1.29, 1.82) is 0 Å². The molecule has 0 spiro atoms. The summed E-state index contributed by atoms with van der Waals surface area (Å²) in [6, 6.07) is 0. The van der Waals surface area contributed by atoms with Gasteiger partial charge in [0.25, 0.3) is 0 Å². The van der Waals surface area contributed by atoms with Gasteiger partial charge in [-0.1, -0.05) is 26.2 Å². The molecule has 0 aromatic carbocycles. The van der Waals surface area contributed by atoms with E-state index in [1.165, 1.54) is 25.7 Å². The fraction of sp³-hybridized carbons (Fsp3) is 0.700. The van der Waals surface area contributed by atoms with Crippen molar-refractivity contribution in [2.75, 3.05) is 0 Å². The van der Waals surface area contributed by atoms with Crippen LogP contribution < -0.4 is 0 Å². The van der Waals surface area contributed by atoms with Gasteiger partial charge >= 0.3 is 0 Å². The summed E-state index contributed by atoms with van der Waals surface area (Å²) in [4.78, 5) is 0. The van der Waals surface area contributed by atoms with Gasteiger partial charge in [0.05, 0.1) is 5.70 Å². The summed E-state index contributed by atoms with van der Waals surface area (Å²) in [5.74, 6) is 0.794. The number of rotatable bonds is 5. The quantitative estimate of drug-likeness (QED) is 0.694. The van der Waals surface area contributed by atoms with Crippen LogP contribution in [0.5, 0.6) is 0 Å². The summed E-state index contributed by atoms with van der Waals surface area (Å²) in [5, 5.41) is 11.5. The Morgan fingerprint density at radius 2 is 2.33 bits per heavy atom.